The molecule has 0 rings (SSSR count). The molecule has 0 aliphatic rings. The second-order valence-electron chi connectivity index (χ2n) is 2.94. The Hall–Kier alpha value is 0.531. The van der Waals surface area contributed by atoms with Gasteiger partial charge in [-0.3, -0.25) is 0 Å². The highest BCUT2D eigenvalue weighted by atomic mass is 29.5. The maximum atomic E-state index is 9.36. The first kappa shape index (κ1) is 11.5. The maximum absolute atomic E-state index is 9.36. The van der Waals surface area contributed by atoms with Crippen molar-refractivity contribution in [1.82, 2.24) is 0 Å². The molecular formula is C5H14N2OSi3. The first-order valence-electron chi connectivity index (χ1n) is 3.48. The molecule has 0 aromatic rings. The summed E-state index contributed by atoms with van der Waals surface area (Å²) in [4.78, 5) is 9.36. The van der Waals surface area contributed by atoms with Gasteiger partial charge in [-0.05, 0) is 25.9 Å². The minimum Gasteiger partial charge on any atom is -0.435 e. The number of rotatable bonds is 5. The minimum absolute atomic E-state index is 0.280. The fourth-order valence-corrected chi connectivity index (χ4v) is 4.15. The van der Waals surface area contributed by atoms with Crippen LogP contribution < -0.4 is 11.5 Å². The molecular weight excluding hydrogens is 188 g/mol. The molecule has 0 bridgehead atoms. The first-order valence-corrected chi connectivity index (χ1v) is 8.64. The highest BCUT2D eigenvalue weighted by molar-refractivity contribution is 7.28. The van der Waals surface area contributed by atoms with Crippen LogP contribution in [0.5, 0.6) is 0 Å². The average molecular weight is 202 g/mol. The third-order valence-corrected chi connectivity index (χ3v) is 6.86. The normalized spacial score (nSPS) is 16.9. The molecule has 0 aliphatic heterocycles. The Kier molecular flexibility index (Phi) is 5.48. The molecule has 0 aromatic carbocycles. The summed E-state index contributed by atoms with van der Waals surface area (Å²) in [5, 5.41) is 0. The first-order chi connectivity index (χ1) is 5.02. The van der Waals surface area contributed by atoms with E-state index in [1.54, 1.807) is 0 Å². The van der Waals surface area contributed by atoms with E-state index in [0.717, 1.165) is 6.42 Å². The van der Waals surface area contributed by atoms with Crippen LogP contribution in [0.1, 0.15) is 13.3 Å². The van der Waals surface area contributed by atoms with Crippen molar-refractivity contribution in [2.75, 3.05) is 6.54 Å². The fourth-order valence-electron chi connectivity index (χ4n) is 0.845. The van der Waals surface area contributed by atoms with Crippen LogP contribution >= 0.6 is 0 Å². The van der Waals surface area contributed by atoms with Gasteiger partial charge < -0.3 is 16.3 Å². The van der Waals surface area contributed by atoms with Gasteiger partial charge in [0.25, 0.3) is 0 Å². The smallest absolute Gasteiger partial charge is 0.183 e. The van der Waals surface area contributed by atoms with Gasteiger partial charge in [0, 0.05) is 23.9 Å². The zero-order valence-electron chi connectivity index (χ0n) is 6.72. The van der Waals surface area contributed by atoms with Crippen LogP contribution in [-0.2, 0) is 0 Å². The van der Waals surface area contributed by atoms with Crippen molar-refractivity contribution < 1.29 is 4.80 Å². The number of hydrogen-bond donors (Lipinski definition) is 3. The van der Waals surface area contributed by atoms with Crippen LogP contribution in [0.4, 0.5) is 0 Å². The van der Waals surface area contributed by atoms with E-state index in [9.17, 15) is 4.80 Å². The largest absolute Gasteiger partial charge is 0.435 e. The fraction of sp³-hybridized carbons (Fsp3) is 1.00. The van der Waals surface area contributed by atoms with Crippen LogP contribution in [0.15, 0.2) is 0 Å². The lowest BCUT2D eigenvalue weighted by molar-refractivity contribution is 0.459. The van der Waals surface area contributed by atoms with Gasteiger partial charge in [0.1, 0.15) is 0 Å². The van der Waals surface area contributed by atoms with Crippen molar-refractivity contribution in [2.24, 2.45) is 11.5 Å². The summed E-state index contributed by atoms with van der Waals surface area (Å²) >= 11 is 0. The third-order valence-electron chi connectivity index (χ3n) is 1.43. The average Bonchev–Trinajstić information content (AvgIpc) is 1.86. The molecule has 0 fully saturated rings. The Morgan fingerprint density at radius 3 is 2.64 bits per heavy atom. The van der Waals surface area contributed by atoms with E-state index in [0.29, 0.717) is 21.1 Å². The van der Waals surface area contributed by atoms with Gasteiger partial charge in [-0.25, -0.2) is 0 Å². The van der Waals surface area contributed by atoms with Crippen LogP contribution in [0, 0.1) is 0 Å². The van der Waals surface area contributed by atoms with E-state index in [4.69, 9.17) is 11.5 Å². The van der Waals surface area contributed by atoms with Crippen molar-refractivity contribution in [3.63, 3.8) is 0 Å². The topological polar surface area (TPSA) is 72.3 Å². The van der Waals surface area contributed by atoms with Crippen LogP contribution in [-0.4, -0.2) is 43.8 Å². The van der Waals surface area contributed by atoms with Crippen LogP contribution in [0.3, 0.4) is 0 Å². The summed E-state index contributed by atoms with van der Waals surface area (Å²) in [6, 6.07) is 0.705. The van der Waals surface area contributed by atoms with Crippen molar-refractivity contribution in [2.45, 2.75) is 24.9 Å². The Bertz CT molecular complexity index is 112. The summed E-state index contributed by atoms with van der Waals surface area (Å²) < 4.78 is 0. The summed E-state index contributed by atoms with van der Waals surface area (Å²) in [6.45, 7) is 2.53. The minimum atomic E-state index is -1.25. The quantitative estimate of drug-likeness (QED) is 0.466. The second kappa shape index (κ2) is 5.22. The standard InChI is InChI=1S/C5H14N2OSi3/c1-5(7,2-3-6)4-11(8)10-9/h8H,2-4,6-7H2,1H3. The predicted molar refractivity (Wildman–Crippen MR) is 50.6 cm³/mol. The van der Waals surface area contributed by atoms with Gasteiger partial charge >= 0.3 is 0 Å². The van der Waals surface area contributed by atoms with Gasteiger partial charge in [0.05, 0.1) is 0 Å². The Labute approximate surface area is 75.1 Å². The van der Waals surface area contributed by atoms with E-state index in [1.807, 2.05) is 6.92 Å². The molecule has 0 spiro atoms. The lowest BCUT2D eigenvalue weighted by atomic mass is 10.0. The highest BCUT2D eigenvalue weighted by Crippen LogP contribution is 2.11. The molecule has 1 atom stereocenters. The molecule has 0 amide bonds. The molecule has 11 heavy (non-hydrogen) atoms. The summed E-state index contributed by atoms with van der Waals surface area (Å²) in [6.07, 6.45) is 0.776. The van der Waals surface area contributed by atoms with Gasteiger partial charge in [-0.15, -0.1) is 0 Å². The maximum Gasteiger partial charge on any atom is 0.183 e. The van der Waals surface area contributed by atoms with Crippen LogP contribution in [0.25, 0.3) is 0 Å². The van der Waals surface area contributed by atoms with E-state index in [1.165, 1.54) is 0 Å². The zero-order valence-corrected chi connectivity index (χ0v) is 9.72. The predicted octanol–water partition coefficient (Wildman–Crippen LogP) is -1.68. The van der Waals surface area contributed by atoms with E-state index < -0.39 is 8.56 Å². The summed E-state index contributed by atoms with van der Waals surface area (Å²) in [5.41, 5.74) is 11.0. The lowest BCUT2D eigenvalue weighted by Gasteiger charge is -2.25. The van der Waals surface area contributed by atoms with Crippen molar-refractivity contribution in [3.05, 3.63) is 0 Å². The molecule has 6 radical (unpaired) electrons. The monoisotopic (exact) mass is 202 g/mol. The van der Waals surface area contributed by atoms with Crippen molar-refractivity contribution >= 4 is 26.9 Å². The second-order valence-corrected chi connectivity index (χ2v) is 9.17. The SMILES string of the molecule is CC(N)(CCN)C[Si](O)[Si][Si]. The Morgan fingerprint density at radius 2 is 2.27 bits per heavy atom. The molecule has 0 saturated carbocycles. The van der Waals surface area contributed by atoms with Gasteiger partial charge in [0.15, 0.2) is 8.56 Å². The zero-order chi connectivity index (χ0) is 8.91. The molecule has 0 heterocycles. The summed E-state index contributed by atoms with van der Waals surface area (Å²) in [7, 11) is 2.51. The van der Waals surface area contributed by atoms with Gasteiger partial charge in [-0.2, -0.15) is 0 Å². The molecule has 62 valence electrons. The van der Waals surface area contributed by atoms with Gasteiger partial charge in [0.2, 0.25) is 0 Å². The Balaban J connectivity index is 3.70. The Morgan fingerprint density at radius 1 is 1.73 bits per heavy atom. The molecule has 0 aromatic heterocycles. The van der Waals surface area contributed by atoms with E-state index >= 15 is 0 Å². The molecule has 1 unspecified atom stereocenters. The van der Waals surface area contributed by atoms with E-state index in [2.05, 4.69) is 9.76 Å². The van der Waals surface area contributed by atoms with Crippen LogP contribution in [0.2, 0.25) is 6.04 Å². The lowest BCUT2D eigenvalue weighted by Crippen LogP contribution is -2.44. The van der Waals surface area contributed by atoms with E-state index in [-0.39, 0.29) is 5.54 Å². The van der Waals surface area contributed by atoms with Crippen molar-refractivity contribution in [3.8, 4) is 0 Å². The molecule has 5 N–H and O–H groups in total. The van der Waals surface area contributed by atoms with Crippen molar-refractivity contribution in [1.29, 1.82) is 0 Å². The molecule has 0 saturated heterocycles. The highest BCUT2D eigenvalue weighted by Gasteiger charge is 2.22. The summed E-state index contributed by atoms with van der Waals surface area (Å²) in [5.74, 6) is 0. The molecule has 3 nitrogen and oxygen atoms in total. The molecule has 0 aliphatic carbocycles. The van der Waals surface area contributed by atoms with Gasteiger partial charge in [-0.1, -0.05) is 0 Å². The number of hydrogen-bond acceptors (Lipinski definition) is 3. The molecule has 6 heteroatoms. The third kappa shape index (κ3) is 5.76. The number of nitrogens with two attached hydrogens (primary N) is 2.